The van der Waals surface area contributed by atoms with Crippen LogP contribution in [0, 0.1) is 0 Å². The van der Waals surface area contributed by atoms with E-state index in [2.05, 4.69) is 15.1 Å². The second-order valence-corrected chi connectivity index (χ2v) is 9.59. The highest BCUT2D eigenvalue weighted by molar-refractivity contribution is 5.99. The fourth-order valence-corrected chi connectivity index (χ4v) is 5.07. The number of aryl methyl sites for hydroxylation is 2. The molecule has 0 fully saturated rings. The molecule has 1 amide bonds. The molecule has 4 aromatic rings. The number of carbonyl (C=O) groups is 1. The zero-order valence-corrected chi connectivity index (χ0v) is 22.2. The quantitative estimate of drug-likeness (QED) is 0.328. The molecule has 11 heteroatoms. The van der Waals surface area contributed by atoms with Crippen molar-refractivity contribution < 1.29 is 22.7 Å². The van der Waals surface area contributed by atoms with Crippen molar-refractivity contribution in [1.82, 2.24) is 29.2 Å². The van der Waals surface area contributed by atoms with Crippen molar-refractivity contribution in [3.05, 3.63) is 83.0 Å². The van der Waals surface area contributed by atoms with Gasteiger partial charge in [-0.15, -0.1) is 0 Å². The maximum Gasteiger partial charge on any atom is 0.435 e. The first-order valence-electron chi connectivity index (χ1n) is 12.7. The third-order valence-corrected chi connectivity index (χ3v) is 7.22. The van der Waals surface area contributed by atoms with Crippen molar-refractivity contribution in [3.63, 3.8) is 0 Å². The van der Waals surface area contributed by atoms with E-state index in [0.29, 0.717) is 53.1 Å². The summed E-state index contributed by atoms with van der Waals surface area (Å²) in [5.74, 6) is 1.10. The maximum atomic E-state index is 14.1. The number of pyridine rings is 1. The summed E-state index contributed by atoms with van der Waals surface area (Å²) in [5.41, 5.74) is 1.73. The van der Waals surface area contributed by atoms with Gasteiger partial charge in [-0.05, 0) is 49.1 Å². The van der Waals surface area contributed by atoms with Crippen molar-refractivity contribution >= 4 is 5.91 Å². The van der Waals surface area contributed by atoms with Gasteiger partial charge in [0.2, 0.25) is 0 Å². The van der Waals surface area contributed by atoms with E-state index in [-0.39, 0.29) is 24.1 Å². The predicted molar refractivity (Wildman–Crippen MR) is 138 cm³/mol. The lowest BCUT2D eigenvalue weighted by molar-refractivity contribution is -0.141. The van der Waals surface area contributed by atoms with Crippen molar-refractivity contribution in [2.75, 3.05) is 13.7 Å². The Morgan fingerprint density at radius 1 is 1.10 bits per heavy atom. The molecule has 0 saturated carbocycles. The number of imidazole rings is 1. The van der Waals surface area contributed by atoms with Crippen LogP contribution in [0.2, 0.25) is 0 Å². The highest BCUT2D eigenvalue weighted by Crippen LogP contribution is 2.41. The van der Waals surface area contributed by atoms with Crippen LogP contribution in [0.5, 0.6) is 5.75 Å². The fraction of sp³-hybridized carbons (Fsp3) is 0.357. The van der Waals surface area contributed by atoms with Gasteiger partial charge < -0.3 is 14.2 Å². The summed E-state index contributed by atoms with van der Waals surface area (Å²) in [6, 6.07) is 6.68. The Balaban J connectivity index is 1.63. The van der Waals surface area contributed by atoms with Crippen molar-refractivity contribution in [2.24, 2.45) is 7.05 Å². The van der Waals surface area contributed by atoms with Gasteiger partial charge >= 0.3 is 6.18 Å². The van der Waals surface area contributed by atoms with Crippen LogP contribution in [-0.2, 0) is 32.6 Å². The summed E-state index contributed by atoms with van der Waals surface area (Å²) < 4.78 is 50.7. The van der Waals surface area contributed by atoms with E-state index in [1.54, 1.807) is 61.8 Å². The Labute approximate surface area is 224 Å². The molecule has 1 atom stereocenters. The molecule has 1 aliphatic heterocycles. The van der Waals surface area contributed by atoms with Gasteiger partial charge in [0.25, 0.3) is 5.91 Å². The number of methoxy groups -OCH3 is 1. The summed E-state index contributed by atoms with van der Waals surface area (Å²) in [7, 11) is 3.41. The van der Waals surface area contributed by atoms with Crippen LogP contribution in [0.3, 0.4) is 0 Å². The van der Waals surface area contributed by atoms with Crippen LogP contribution < -0.4 is 4.74 Å². The van der Waals surface area contributed by atoms with Gasteiger partial charge in [0.1, 0.15) is 11.6 Å². The molecule has 8 nitrogen and oxygen atoms in total. The lowest BCUT2D eigenvalue weighted by Gasteiger charge is -2.34. The largest absolute Gasteiger partial charge is 0.497 e. The van der Waals surface area contributed by atoms with E-state index in [4.69, 9.17) is 4.74 Å². The lowest BCUT2D eigenvalue weighted by Crippen LogP contribution is -2.40. The number of hydrogen-bond acceptors (Lipinski definition) is 5. The van der Waals surface area contributed by atoms with Crippen molar-refractivity contribution in [3.8, 4) is 16.9 Å². The first kappa shape index (κ1) is 26.5. The molecule has 1 aromatic carbocycles. The molecule has 4 heterocycles. The second kappa shape index (κ2) is 10.2. The van der Waals surface area contributed by atoms with Gasteiger partial charge in [0.15, 0.2) is 5.69 Å². The smallest absolute Gasteiger partial charge is 0.435 e. The monoisotopic (exact) mass is 538 g/mol. The third kappa shape index (κ3) is 5.00. The van der Waals surface area contributed by atoms with Gasteiger partial charge in [-0.1, -0.05) is 6.07 Å². The second-order valence-electron chi connectivity index (χ2n) is 9.59. The number of hydrogen-bond donors (Lipinski definition) is 0. The summed E-state index contributed by atoms with van der Waals surface area (Å²) in [5, 5.41) is 3.82. The normalized spacial score (nSPS) is 14.4. The van der Waals surface area contributed by atoms with Gasteiger partial charge in [0.05, 0.1) is 18.8 Å². The Morgan fingerprint density at radius 2 is 1.87 bits per heavy atom. The predicted octanol–water partition coefficient (Wildman–Crippen LogP) is 5.08. The molecular formula is C28H29F3N6O2. The van der Waals surface area contributed by atoms with Crippen LogP contribution in [0.25, 0.3) is 11.1 Å². The van der Waals surface area contributed by atoms with Gasteiger partial charge in [-0.3, -0.25) is 14.5 Å². The van der Waals surface area contributed by atoms with Gasteiger partial charge in [0, 0.05) is 68.5 Å². The van der Waals surface area contributed by atoms with Crippen molar-refractivity contribution in [1.29, 1.82) is 0 Å². The topological polar surface area (TPSA) is 78.1 Å². The first-order valence-corrected chi connectivity index (χ1v) is 12.7. The molecule has 0 saturated heterocycles. The summed E-state index contributed by atoms with van der Waals surface area (Å²) in [6.45, 7) is 4.24. The average Bonchev–Trinajstić information content (AvgIpc) is 3.54. The minimum absolute atomic E-state index is 0.0222. The third-order valence-electron chi connectivity index (χ3n) is 7.22. The summed E-state index contributed by atoms with van der Waals surface area (Å²) >= 11 is 0. The molecule has 3 aromatic heterocycles. The molecule has 0 radical (unpaired) electrons. The highest BCUT2D eigenvalue weighted by Gasteiger charge is 2.39. The number of fused-ring (bicyclic) bond motifs is 1. The molecule has 0 spiro atoms. The maximum absolute atomic E-state index is 14.1. The van der Waals surface area contributed by atoms with Crippen LogP contribution in [0.15, 0.2) is 49.1 Å². The minimum Gasteiger partial charge on any atom is -0.497 e. The van der Waals surface area contributed by atoms with E-state index in [1.165, 1.54) is 10.9 Å². The Bertz CT molecular complexity index is 1520. The highest BCUT2D eigenvalue weighted by atomic mass is 19.4. The van der Waals surface area contributed by atoms with Gasteiger partial charge in [-0.2, -0.15) is 18.3 Å². The van der Waals surface area contributed by atoms with E-state index in [0.717, 1.165) is 5.82 Å². The van der Waals surface area contributed by atoms with Crippen LogP contribution in [-0.4, -0.2) is 48.8 Å². The number of halogens is 3. The number of alkyl halides is 3. The number of carbonyl (C=O) groups excluding carboxylic acids is 1. The zero-order valence-electron chi connectivity index (χ0n) is 22.2. The van der Waals surface area contributed by atoms with E-state index in [9.17, 15) is 18.0 Å². The van der Waals surface area contributed by atoms with Gasteiger partial charge in [-0.25, -0.2) is 4.98 Å². The van der Waals surface area contributed by atoms with Crippen LogP contribution >= 0.6 is 0 Å². The standard InChI is InChI=1S/C28H29F3N6O2/c1-5-36-16-23(26(34-36)28(29,30)31)21-12-18(14-25-33-9-11-35(25)3)13-22-20(21)7-10-37(27(22)38)17(2)24-15-19(39-4)6-8-32-24/h6,8-9,11-13,15-17H,5,7,10,14H2,1-4H3/t17-/m0/s1. The van der Waals surface area contributed by atoms with Crippen LogP contribution in [0.1, 0.15) is 58.6 Å². The average molecular weight is 539 g/mol. The number of benzene rings is 1. The molecule has 0 bridgehead atoms. The number of amides is 1. The molecular weight excluding hydrogens is 509 g/mol. The summed E-state index contributed by atoms with van der Waals surface area (Å²) in [4.78, 5) is 24.4. The first-order chi connectivity index (χ1) is 18.6. The Hall–Kier alpha value is -4.15. The fourth-order valence-electron chi connectivity index (χ4n) is 5.07. The van der Waals surface area contributed by atoms with E-state index >= 15 is 0 Å². The van der Waals surface area contributed by atoms with E-state index < -0.39 is 11.9 Å². The summed E-state index contributed by atoms with van der Waals surface area (Å²) in [6.07, 6.45) is 2.61. The molecule has 1 aliphatic rings. The zero-order chi connectivity index (χ0) is 27.9. The van der Waals surface area contributed by atoms with Crippen molar-refractivity contribution in [2.45, 2.75) is 45.5 Å². The number of rotatable bonds is 7. The molecule has 39 heavy (non-hydrogen) atoms. The lowest BCUT2D eigenvalue weighted by atomic mass is 9.87. The molecule has 5 rings (SSSR count). The molecule has 0 unspecified atom stereocenters. The van der Waals surface area contributed by atoms with E-state index in [1.807, 2.05) is 18.5 Å². The SMILES string of the molecule is CCn1cc(-c2cc(Cc3nccn3C)cc3c2CCN([C@@H](C)c2cc(OC)ccn2)C3=O)c(C(F)(F)F)n1. The number of nitrogens with zero attached hydrogens (tertiary/aromatic N) is 6. The molecule has 204 valence electrons. The molecule has 0 N–H and O–H groups in total. The Kier molecular flexibility index (Phi) is 6.92. The molecule has 0 aliphatic carbocycles. The minimum atomic E-state index is -4.64. The number of ether oxygens (including phenoxy) is 1. The Morgan fingerprint density at radius 3 is 2.54 bits per heavy atom. The number of aromatic nitrogens is 5. The van der Waals surface area contributed by atoms with Crippen LogP contribution in [0.4, 0.5) is 13.2 Å².